The lowest BCUT2D eigenvalue weighted by molar-refractivity contribution is 1.37. The highest BCUT2D eigenvalue weighted by Crippen LogP contribution is 2.17. The van der Waals surface area contributed by atoms with Gasteiger partial charge in [0.1, 0.15) is 0 Å². The fraction of sp³-hybridized carbons (Fsp3) is 0.250. The number of hydrogen-bond donors (Lipinski definition) is 1. The Labute approximate surface area is 209 Å². The molecule has 1 nitrogen and oxygen atoms in total. The zero-order chi connectivity index (χ0) is 23.9. The number of quaternary nitrogens is 1. The number of rotatable bonds is 4. The van der Waals surface area contributed by atoms with Gasteiger partial charge in [-0.25, -0.2) is 17.7 Å². The molecule has 0 aliphatic heterocycles. The maximum absolute atomic E-state index is 2.98. The molecule has 0 saturated heterocycles. The molecular formula is C32H40AlN. The molecule has 0 radical (unpaired) electrons. The van der Waals surface area contributed by atoms with Crippen molar-refractivity contribution in [2.75, 3.05) is 0 Å². The van der Waals surface area contributed by atoms with Gasteiger partial charge < -0.3 is 6.15 Å². The highest BCUT2D eigenvalue weighted by atomic mass is 27.2. The third-order valence-electron chi connectivity index (χ3n) is 6.98. The van der Waals surface area contributed by atoms with E-state index in [1.807, 2.05) is 0 Å². The molecule has 0 fully saturated rings. The average molecular weight is 466 g/mol. The van der Waals surface area contributed by atoms with E-state index in [9.17, 15) is 0 Å². The smallest absolute Gasteiger partial charge is 0.267 e. The van der Waals surface area contributed by atoms with Crippen LogP contribution in [0.3, 0.4) is 0 Å². The molecule has 0 aromatic heterocycles. The van der Waals surface area contributed by atoms with Crippen LogP contribution in [0.4, 0.5) is 0 Å². The largest absolute Gasteiger partial charge is 0.369 e. The summed E-state index contributed by atoms with van der Waals surface area (Å²) in [5.41, 5.74) is 10.7. The summed E-state index contributed by atoms with van der Waals surface area (Å²) in [6, 6.07) is 28.9. The van der Waals surface area contributed by atoms with Crippen molar-refractivity contribution in [1.82, 2.24) is 6.15 Å². The van der Waals surface area contributed by atoms with Crippen LogP contribution in [0.2, 0.25) is 0 Å². The zero-order valence-electron chi connectivity index (χ0n) is 22.5. The maximum atomic E-state index is 2.46. The Morgan fingerprint density at radius 2 is 0.441 bits per heavy atom. The van der Waals surface area contributed by atoms with Gasteiger partial charge in [-0.2, -0.15) is 0 Å². The Balaban J connectivity index is 0.00000324. The fourth-order valence-corrected chi connectivity index (χ4v) is 12.6. The first-order valence-corrected chi connectivity index (χ1v) is 14.4. The van der Waals surface area contributed by atoms with Crippen molar-refractivity contribution < 1.29 is 0 Å². The van der Waals surface area contributed by atoms with Gasteiger partial charge in [0.05, 0.1) is 0 Å². The van der Waals surface area contributed by atoms with E-state index < -0.39 is 13.1 Å². The van der Waals surface area contributed by atoms with Crippen LogP contribution in [0.25, 0.3) is 0 Å². The zero-order valence-corrected chi connectivity index (χ0v) is 23.7. The minimum atomic E-state index is -2.98. The second-order valence-corrected chi connectivity index (χ2v) is 14.9. The maximum Gasteiger partial charge on any atom is 0.267 e. The van der Waals surface area contributed by atoms with Crippen molar-refractivity contribution in [3.63, 3.8) is 0 Å². The number of aryl methyl sites for hydroxylation is 8. The quantitative estimate of drug-likeness (QED) is 0.364. The van der Waals surface area contributed by atoms with Gasteiger partial charge in [-0.3, -0.25) is 0 Å². The first-order chi connectivity index (χ1) is 15.6. The van der Waals surface area contributed by atoms with Crippen LogP contribution < -0.4 is 23.9 Å². The summed E-state index contributed by atoms with van der Waals surface area (Å²) in [5, 5.41) is 0. The molecule has 0 aliphatic carbocycles. The lowest BCUT2D eigenvalue weighted by Gasteiger charge is -2.42. The van der Waals surface area contributed by atoms with Crippen LogP contribution in [-0.4, -0.2) is 13.1 Å². The lowest BCUT2D eigenvalue weighted by Crippen LogP contribution is -2.75. The third-order valence-corrected chi connectivity index (χ3v) is 12.3. The Kier molecular flexibility index (Phi) is 7.59. The lowest BCUT2D eigenvalue weighted by atomic mass is 10.1. The van der Waals surface area contributed by atoms with Crippen LogP contribution in [0.5, 0.6) is 0 Å². The van der Waals surface area contributed by atoms with E-state index in [-0.39, 0.29) is 6.15 Å². The molecule has 2 heteroatoms. The summed E-state index contributed by atoms with van der Waals surface area (Å²) in [6.45, 7) is 17.9. The molecule has 4 aromatic carbocycles. The molecule has 176 valence electrons. The topological polar surface area (TPSA) is 36.5 Å². The van der Waals surface area contributed by atoms with E-state index in [0.717, 1.165) is 0 Å². The molecule has 4 aromatic rings. The van der Waals surface area contributed by atoms with E-state index in [4.69, 9.17) is 0 Å². The number of benzene rings is 4. The molecule has 0 saturated carbocycles. The van der Waals surface area contributed by atoms with E-state index in [2.05, 4.69) is 128 Å². The van der Waals surface area contributed by atoms with E-state index in [1.54, 1.807) is 0 Å². The Hall–Kier alpha value is -2.63. The molecular weight excluding hydrogens is 425 g/mol. The normalized spacial score (nSPS) is 11.3. The van der Waals surface area contributed by atoms with Gasteiger partial charge in [-0.15, -0.1) is 48.5 Å². The highest BCUT2D eigenvalue weighted by molar-refractivity contribution is 7.20. The summed E-state index contributed by atoms with van der Waals surface area (Å²) in [4.78, 5) is 0. The Morgan fingerprint density at radius 3 is 0.588 bits per heavy atom. The molecule has 34 heavy (non-hydrogen) atoms. The van der Waals surface area contributed by atoms with E-state index >= 15 is 0 Å². The predicted octanol–water partition coefficient (Wildman–Crippen LogP) is 5.91. The second kappa shape index (κ2) is 9.93. The monoisotopic (exact) mass is 465 g/mol. The van der Waals surface area contributed by atoms with Crippen LogP contribution in [0.15, 0.2) is 72.8 Å². The van der Waals surface area contributed by atoms with Gasteiger partial charge in [-0.1, -0.05) is 68.8 Å². The first kappa shape index (κ1) is 26.0. The SMILES string of the molecule is Cc1cc(C)c[c]([Al-]([c]2cc(C)cc(C)c2)([c]2cc(C)cc(C)c2)[c]2cc(C)cc(C)c2)c1.[NH4+]. The molecule has 4 N–H and O–H groups in total. The molecule has 0 unspecified atom stereocenters. The molecule has 4 rings (SSSR count). The molecule has 0 atom stereocenters. The second-order valence-electron chi connectivity index (χ2n) is 10.6. The third kappa shape index (κ3) is 4.91. The molecule has 0 heterocycles. The van der Waals surface area contributed by atoms with Crippen molar-refractivity contribution >= 4 is 30.8 Å². The summed E-state index contributed by atoms with van der Waals surface area (Å²) in [6.07, 6.45) is 0. The summed E-state index contributed by atoms with van der Waals surface area (Å²) < 4.78 is 6.00. The van der Waals surface area contributed by atoms with Crippen molar-refractivity contribution in [2.24, 2.45) is 0 Å². The average Bonchev–Trinajstić information content (AvgIpc) is 2.65. The van der Waals surface area contributed by atoms with Crippen molar-refractivity contribution in [3.8, 4) is 0 Å². The molecule has 0 spiro atoms. The van der Waals surface area contributed by atoms with Gasteiger partial charge in [0.25, 0.3) is 13.1 Å². The van der Waals surface area contributed by atoms with Crippen LogP contribution >= 0.6 is 0 Å². The Bertz CT molecular complexity index is 1060. The summed E-state index contributed by atoms with van der Waals surface area (Å²) >= 11 is -2.98. The minimum absolute atomic E-state index is 0. The van der Waals surface area contributed by atoms with Gasteiger partial charge in [0.2, 0.25) is 0 Å². The fourth-order valence-electron chi connectivity index (χ4n) is 6.19. The highest BCUT2D eigenvalue weighted by Gasteiger charge is 2.37. The van der Waals surface area contributed by atoms with Gasteiger partial charge in [0, 0.05) is 0 Å². The van der Waals surface area contributed by atoms with Gasteiger partial charge in [0.15, 0.2) is 0 Å². The van der Waals surface area contributed by atoms with Crippen LogP contribution in [0, 0.1) is 55.4 Å². The van der Waals surface area contributed by atoms with E-state index in [1.165, 1.54) is 62.2 Å². The standard InChI is InChI=1S/4C8H9.Al.H3N/c4*1-7-4-3-5-8(2)6-7;;/h4*4-6H,1-2H3;;1H3/q;;;;-1;/p+1. The van der Waals surface area contributed by atoms with Crippen molar-refractivity contribution in [3.05, 3.63) is 117 Å². The first-order valence-electron chi connectivity index (χ1n) is 12.1. The van der Waals surface area contributed by atoms with Gasteiger partial charge >= 0.3 is 0 Å². The number of hydrogen-bond acceptors (Lipinski definition) is 0. The summed E-state index contributed by atoms with van der Waals surface area (Å²) in [5.74, 6) is 0. The molecule has 0 amide bonds. The van der Waals surface area contributed by atoms with Crippen molar-refractivity contribution in [2.45, 2.75) is 55.4 Å². The van der Waals surface area contributed by atoms with Gasteiger partial charge in [-0.05, 0) is 55.4 Å². The minimum Gasteiger partial charge on any atom is -0.369 e. The molecule has 0 aliphatic rings. The summed E-state index contributed by atoms with van der Waals surface area (Å²) in [7, 11) is 0. The van der Waals surface area contributed by atoms with Crippen LogP contribution in [-0.2, 0) is 0 Å². The van der Waals surface area contributed by atoms with Crippen molar-refractivity contribution in [1.29, 1.82) is 0 Å². The predicted molar refractivity (Wildman–Crippen MR) is 154 cm³/mol. The van der Waals surface area contributed by atoms with Crippen LogP contribution in [0.1, 0.15) is 44.5 Å². The molecule has 0 bridgehead atoms. The van der Waals surface area contributed by atoms with E-state index in [0.29, 0.717) is 0 Å². The Morgan fingerprint density at radius 1 is 0.294 bits per heavy atom.